The number of ether oxygens (including phenoxy) is 1. The van der Waals surface area contributed by atoms with Crippen molar-refractivity contribution in [2.45, 2.75) is 161 Å². The van der Waals surface area contributed by atoms with Crippen LogP contribution in [0.5, 0.6) is 0 Å². The highest BCUT2D eigenvalue weighted by Gasteiger charge is 2.17. The maximum atomic E-state index is 12.2. The highest BCUT2D eigenvalue weighted by Crippen LogP contribution is 2.16. The molecule has 1 N–H and O–H groups in total. The fourth-order valence-electron chi connectivity index (χ4n) is 4.59. The van der Waals surface area contributed by atoms with Crippen molar-refractivity contribution in [2.24, 2.45) is 0 Å². The summed E-state index contributed by atoms with van der Waals surface area (Å²) in [6.07, 6.45) is 43.7. The standard InChI is InChI=1S/C37H62O4/c1-3-5-7-9-11-13-15-17-18-19-20-21-23-25-27-29-31-33-37(40)41-35(34-36(38)39)32-30-28-26-24-22-16-14-12-10-8-6-4-2/h5,7,11,13,17-18,20-21,25,27,35H,3-4,6,8-10,12,14-16,19,22-24,26,28-34H2,1-2H3,(H,38,39)/b7-5-,13-11-,18-17-,21-20-,27-25-. The zero-order valence-corrected chi connectivity index (χ0v) is 26.6. The lowest BCUT2D eigenvalue weighted by molar-refractivity contribution is -0.153. The molecule has 0 bridgehead atoms. The van der Waals surface area contributed by atoms with Crippen molar-refractivity contribution in [1.82, 2.24) is 0 Å². The number of hydrogen-bond acceptors (Lipinski definition) is 3. The Kier molecular flexibility index (Phi) is 30.3. The number of hydrogen-bond donors (Lipinski definition) is 1. The third-order valence-electron chi connectivity index (χ3n) is 6.99. The lowest BCUT2D eigenvalue weighted by Crippen LogP contribution is -2.21. The van der Waals surface area contributed by atoms with Crippen molar-refractivity contribution in [1.29, 1.82) is 0 Å². The summed E-state index contributed by atoms with van der Waals surface area (Å²) in [5.74, 6) is -1.18. The van der Waals surface area contributed by atoms with Gasteiger partial charge in [-0.05, 0) is 57.8 Å². The van der Waals surface area contributed by atoms with Crippen molar-refractivity contribution < 1.29 is 19.4 Å². The van der Waals surface area contributed by atoms with Crippen LogP contribution in [0.2, 0.25) is 0 Å². The Morgan fingerprint density at radius 3 is 1.49 bits per heavy atom. The van der Waals surface area contributed by atoms with Gasteiger partial charge in [0.2, 0.25) is 0 Å². The second-order valence-electron chi connectivity index (χ2n) is 11.0. The maximum absolute atomic E-state index is 12.2. The van der Waals surface area contributed by atoms with Crippen molar-refractivity contribution in [3.05, 3.63) is 60.8 Å². The summed E-state index contributed by atoms with van der Waals surface area (Å²) in [6.45, 7) is 4.40. The number of unbranched alkanes of at least 4 members (excludes halogenated alkanes) is 12. The molecule has 1 atom stereocenters. The molecule has 4 nitrogen and oxygen atoms in total. The monoisotopic (exact) mass is 570 g/mol. The summed E-state index contributed by atoms with van der Waals surface area (Å²) in [5.41, 5.74) is 0. The zero-order valence-electron chi connectivity index (χ0n) is 26.6. The number of esters is 1. The predicted octanol–water partition coefficient (Wildman–Crippen LogP) is 11.4. The highest BCUT2D eigenvalue weighted by atomic mass is 16.5. The van der Waals surface area contributed by atoms with Gasteiger partial charge in [0.05, 0.1) is 6.42 Å². The number of allylic oxidation sites excluding steroid dienone is 10. The number of aliphatic carboxylic acids is 1. The molecule has 0 aliphatic rings. The third-order valence-corrected chi connectivity index (χ3v) is 6.99. The van der Waals surface area contributed by atoms with Crippen LogP contribution < -0.4 is 0 Å². The second-order valence-corrected chi connectivity index (χ2v) is 11.0. The van der Waals surface area contributed by atoms with Gasteiger partial charge in [0.1, 0.15) is 6.10 Å². The second kappa shape index (κ2) is 32.2. The van der Waals surface area contributed by atoms with Crippen molar-refractivity contribution in [2.75, 3.05) is 0 Å². The van der Waals surface area contributed by atoms with Gasteiger partial charge in [-0.1, -0.05) is 145 Å². The van der Waals surface area contributed by atoms with Gasteiger partial charge in [-0.3, -0.25) is 9.59 Å². The normalized spacial score (nSPS) is 13.0. The minimum absolute atomic E-state index is 0.0987. The van der Waals surface area contributed by atoms with Gasteiger partial charge in [0, 0.05) is 6.42 Å². The van der Waals surface area contributed by atoms with Crippen LogP contribution in [0.15, 0.2) is 60.8 Å². The summed E-state index contributed by atoms with van der Waals surface area (Å²) in [6, 6.07) is 0. The molecule has 0 fully saturated rings. The minimum Gasteiger partial charge on any atom is -0.481 e. The Morgan fingerprint density at radius 1 is 0.585 bits per heavy atom. The zero-order chi connectivity index (χ0) is 30.1. The SMILES string of the molecule is CC/C=C\C/C=C\C/C=C\C/C=C\C/C=C\CCCC(=O)OC(CCCCCCCCCCCCCC)CC(=O)O. The molecule has 0 aliphatic heterocycles. The topological polar surface area (TPSA) is 63.6 Å². The van der Waals surface area contributed by atoms with E-state index in [-0.39, 0.29) is 12.4 Å². The smallest absolute Gasteiger partial charge is 0.307 e. The van der Waals surface area contributed by atoms with E-state index < -0.39 is 12.1 Å². The lowest BCUT2D eigenvalue weighted by atomic mass is 10.0. The number of rotatable bonds is 29. The molecule has 0 aromatic carbocycles. The van der Waals surface area contributed by atoms with Gasteiger partial charge < -0.3 is 9.84 Å². The molecule has 0 aromatic rings. The lowest BCUT2D eigenvalue weighted by Gasteiger charge is -2.16. The van der Waals surface area contributed by atoms with Gasteiger partial charge in [-0.25, -0.2) is 0 Å². The van der Waals surface area contributed by atoms with Gasteiger partial charge >= 0.3 is 11.9 Å². The van der Waals surface area contributed by atoms with E-state index in [0.717, 1.165) is 57.8 Å². The number of carbonyl (C=O) groups excluding carboxylic acids is 1. The van der Waals surface area contributed by atoms with E-state index in [1.165, 1.54) is 64.2 Å². The molecule has 1 unspecified atom stereocenters. The minimum atomic E-state index is -0.902. The summed E-state index contributed by atoms with van der Waals surface area (Å²) >= 11 is 0. The summed E-state index contributed by atoms with van der Waals surface area (Å²) < 4.78 is 5.52. The molecule has 0 rings (SSSR count). The molecule has 0 spiro atoms. The van der Waals surface area contributed by atoms with Crippen molar-refractivity contribution in [3.63, 3.8) is 0 Å². The highest BCUT2D eigenvalue weighted by molar-refractivity contribution is 5.71. The molecule has 0 amide bonds. The first-order chi connectivity index (χ1) is 20.1. The molecular weight excluding hydrogens is 508 g/mol. The first kappa shape index (κ1) is 38.6. The molecule has 234 valence electrons. The Hall–Kier alpha value is -2.36. The first-order valence-corrected chi connectivity index (χ1v) is 16.8. The van der Waals surface area contributed by atoms with Gasteiger partial charge in [-0.15, -0.1) is 0 Å². The van der Waals surface area contributed by atoms with Crippen LogP contribution in [0.3, 0.4) is 0 Å². The molecule has 0 radical (unpaired) electrons. The van der Waals surface area contributed by atoms with Crippen LogP contribution in [0, 0.1) is 0 Å². The van der Waals surface area contributed by atoms with Gasteiger partial charge in [-0.2, -0.15) is 0 Å². The number of carbonyl (C=O) groups is 2. The molecule has 0 saturated carbocycles. The van der Waals surface area contributed by atoms with Gasteiger partial charge in [0.25, 0.3) is 0 Å². The summed E-state index contributed by atoms with van der Waals surface area (Å²) in [5, 5.41) is 9.21. The Labute approximate surface area is 253 Å². The predicted molar refractivity (Wildman–Crippen MR) is 176 cm³/mol. The van der Waals surface area contributed by atoms with E-state index in [9.17, 15) is 14.7 Å². The number of carboxylic acids is 1. The van der Waals surface area contributed by atoms with Crippen LogP contribution in [0.25, 0.3) is 0 Å². The van der Waals surface area contributed by atoms with E-state index >= 15 is 0 Å². The molecular formula is C37H62O4. The van der Waals surface area contributed by atoms with E-state index in [1.54, 1.807) is 0 Å². The van der Waals surface area contributed by atoms with Crippen molar-refractivity contribution in [3.8, 4) is 0 Å². The fourth-order valence-corrected chi connectivity index (χ4v) is 4.59. The fraction of sp³-hybridized carbons (Fsp3) is 0.676. The van der Waals surface area contributed by atoms with E-state index in [4.69, 9.17) is 4.74 Å². The van der Waals surface area contributed by atoms with Crippen LogP contribution in [0.1, 0.15) is 155 Å². The van der Waals surface area contributed by atoms with E-state index in [2.05, 4.69) is 74.6 Å². The summed E-state index contributed by atoms with van der Waals surface area (Å²) in [7, 11) is 0. The average molecular weight is 571 g/mol. The average Bonchev–Trinajstić information content (AvgIpc) is 2.95. The molecule has 4 heteroatoms. The molecule has 0 heterocycles. The van der Waals surface area contributed by atoms with E-state index in [0.29, 0.717) is 12.8 Å². The van der Waals surface area contributed by atoms with Crippen LogP contribution in [-0.4, -0.2) is 23.1 Å². The Bertz CT molecular complexity index is 744. The molecule has 0 aromatic heterocycles. The molecule has 0 aliphatic carbocycles. The van der Waals surface area contributed by atoms with Crippen LogP contribution in [0.4, 0.5) is 0 Å². The van der Waals surface area contributed by atoms with Crippen molar-refractivity contribution >= 4 is 11.9 Å². The largest absolute Gasteiger partial charge is 0.481 e. The van der Waals surface area contributed by atoms with Gasteiger partial charge in [0.15, 0.2) is 0 Å². The third kappa shape index (κ3) is 32.0. The van der Waals surface area contributed by atoms with E-state index in [1.807, 2.05) is 0 Å². The Morgan fingerprint density at radius 2 is 1.02 bits per heavy atom. The number of carboxylic acid groups (broad SMARTS) is 1. The first-order valence-electron chi connectivity index (χ1n) is 16.8. The Balaban J connectivity index is 3.85. The quantitative estimate of drug-likeness (QED) is 0.0552. The molecule has 0 saturated heterocycles. The van der Waals surface area contributed by atoms with Crippen LogP contribution in [-0.2, 0) is 14.3 Å². The van der Waals surface area contributed by atoms with Crippen LogP contribution >= 0.6 is 0 Å². The summed E-state index contributed by atoms with van der Waals surface area (Å²) in [4.78, 5) is 23.5. The molecule has 41 heavy (non-hydrogen) atoms. The maximum Gasteiger partial charge on any atom is 0.307 e.